The maximum atomic E-state index is 12.2. The van der Waals surface area contributed by atoms with Crippen molar-refractivity contribution < 1.29 is 4.79 Å². The summed E-state index contributed by atoms with van der Waals surface area (Å²) in [6, 6.07) is 8.08. The molecule has 0 unspecified atom stereocenters. The van der Waals surface area contributed by atoms with E-state index in [4.69, 9.17) is 0 Å². The molecule has 2 rings (SSSR count). The van der Waals surface area contributed by atoms with Crippen LogP contribution in [0.1, 0.15) is 16.8 Å². The number of hydrogen-bond acceptors (Lipinski definition) is 4. The number of aryl methyl sites for hydroxylation is 1. The van der Waals surface area contributed by atoms with Crippen LogP contribution >= 0.6 is 0 Å². The van der Waals surface area contributed by atoms with Gasteiger partial charge < -0.3 is 10.2 Å². The van der Waals surface area contributed by atoms with E-state index in [9.17, 15) is 4.79 Å². The maximum absolute atomic E-state index is 12.2. The SMILES string of the molecule is CNCc1cn(CC(=O)N(C)Cc2ccccc2C)nn1. The number of amides is 1. The monoisotopic (exact) mass is 287 g/mol. The van der Waals surface area contributed by atoms with Crippen molar-refractivity contribution in [2.75, 3.05) is 14.1 Å². The third kappa shape index (κ3) is 4.13. The van der Waals surface area contributed by atoms with Gasteiger partial charge in [-0.2, -0.15) is 0 Å². The van der Waals surface area contributed by atoms with E-state index in [1.54, 1.807) is 22.8 Å². The highest BCUT2D eigenvalue weighted by Gasteiger charge is 2.12. The molecule has 1 aromatic heterocycles. The fourth-order valence-corrected chi connectivity index (χ4v) is 2.07. The molecule has 0 spiro atoms. The Hall–Kier alpha value is -2.21. The summed E-state index contributed by atoms with van der Waals surface area (Å²) in [4.78, 5) is 13.9. The van der Waals surface area contributed by atoms with E-state index in [1.807, 2.05) is 25.2 Å². The Morgan fingerprint density at radius 3 is 2.86 bits per heavy atom. The zero-order chi connectivity index (χ0) is 15.2. The molecule has 0 atom stereocenters. The number of carbonyl (C=O) groups excluding carboxylic acids is 1. The van der Waals surface area contributed by atoms with Gasteiger partial charge in [0.1, 0.15) is 6.54 Å². The Balaban J connectivity index is 1.94. The van der Waals surface area contributed by atoms with E-state index >= 15 is 0 Å². The average molecular weight is 287 g/mol. The third-order valence-electron chi connectivity index (χ3n) is 3.34. The number of nitrogens with one attached hydrogen (secondary N) is 1. The molecule has 0 radical (unpaired) electrons. The fraction of sp³-hybridized carbons (Fsp3) is 0.400. The second-order valence-corrected chi connectivity index (χ2v) is 5.11. The van der Waals surface area contributed by atoms with Gasteiger partial charge in [0, 0.05) is 20.1 Å². The molecule has 0 aliphatic heterocycles. The number of likely N-dealkylation sites (N-methyl/N-ethyl adjacent to an activating group) is 1. The van der Waals surface area contributed by atoms with Crippen LogP contribution < -0.4 is 5.32 Å². The molecule has 1 N–H and O–H groups in total. The summed E-state index contributed by atoms with van der Waals surface area (Å²) < 4.78 is 1.57. The molecule has 1 aromatic carbocycles. The van der Waals surface area contributed by atoms with Crippen molar-refractivity contribution in [3.05, 3.63) is 47.3 Å². The highest BCUT2D eigenvalue weighted by molar-refractivity contribution is 5.75. The van der Waals surface area contributed by atoms with Crippen LogP contribution in [0.15, 0.2) is 30.5 Å². The molecular weight excluding hydrogens is 266 g/mol. The van der Waals surface area contributed by atoms with E-state index in [1.165, 1.54) is 5.56 Å². The molecule has 0 fully saturated rings. The number of aromatic nitrogens is 3. The molecule has 0 saturated heterocycles. The molecule has 112 valence electrons. The summed E-state index contributed by atoms with van der Waals surface area (Å²) in [5, 5.41) is 11.0. The number of hydrogen-bond donors (Lipinski definition) is 1. The van der Waals surface area contributed by atoms with Crippen LogP contribution in [-0.2, 0) is 24.4 Å². The van der Waals surface area contributed by atoms with Crippen molar-refractivity contribution in [1.82, 2.24) is 25.2 Å². The topological polar surface area (TPSA) is 63.1 Å². The van der Waals surface area contributed by atoms with Gasteiger partial charge in [-0.15, -0.1) is 5.10 Å². The molecule has 0 aliphatic rings. The van der Waals surface area contributed by atoms with E-state index in [2.05, 4.69) is 28.6 Å². The van der Waals surface area contributed by atoms with E-state index < -0.39 is 0 Å². The van der Waals surface area contributed by atoms with E-state index in [-0.39, 0.29) is 12.5 Å². The van der Waals surface area contributed by atoms with Gasteiger partial charge in [0.05, 0.1) is 11.9 Å². The van der Waals surface area contributed by atoms with Crippen LogP contribution in [0.3, 0.4) is 0 Å². The highest BCUT2D eigenvalue weighted by Crippen LogP contribution is 2.09. The minimum absolute atomic E-state index is 0.0131. The molecule has 1 heterocycles. The van der Waals surface area contributed by atoms with Crippen LogP contribution in [0.2, 0.25) is 0 Å². The Morgan fingerprint density at radius 1 is 1.38 bits per heavy atom. The first-order valence-electron chi connectivity index (χ1n) is 6.92. The maximum Gasteiger partial charge on any atom is 0.244 e. The van der Waals surface area contributed by atoms with Gasteiger partial charge in [-0.3, -0.25) is 4.79 Å². The van der Waals surface area contributed by atoms with E-state index in [0.29, 0.717) is 13.1 Å². The molecule has 6 nitrogen and oxygen atoms in total. The predicted molar refractivity (Wildman–Crippen MR) is 80.4 cm³/mol. The number of nitrogens with zero attached hydrogens (tertiary/aromatic N) is 4. The Labute approximate surface area is 124 Å². The van der Waals surface area contributed by atoms with Crippen molar-refractivity contribution in [2.24, 2.45) is 0 Å². The minimum atomic E-state index is 0.0131. The predicted octanol–water partition coefficient (Wildman–Crippen LogP) is 0.965. The smallest absolute Gasteiger partial charge is 0.244 e. The zero-order valence-electron chi connectivity index (χ0n) is 12.7. The average Bonchev–Trinajstić information content (AvgIpc) is 2.89. The molecule has 1 amide bonds. The van der Waals surface area contributed by atoms with Gasteiger partial charge in [-0.25, -0.2) is 4.68 Å². The minimum Gasteiger partial charge on any atom is -0.340 e. The van der Waals surface area contributed by atoms with Crippen LogP contribution in [0, 0.1) is 6.92 Å². The Bertz CT molecular complexity index is 608. The Kier molecular flexibility index (Phi) is 5.05. The number of carbonyl (C=O) groups is 1. The van der Waals surface area contributed by atoms with Crippen LogP contribution in [-0.4, -0.2) is 39.9 Å². The lowest BCUT2D eigenvalue weighted by Crippen LogP contribution is -2.30. The highest BCUT2D eigenvalue weighted by atomic mass is 16.2. The second kappa shape index (κ2) is 6.99. The Morgan fingerprint density at radius 2 is 2.14 bits per heavy atom. The summed E-state index contributed by atoms with van der Waals surface area (Å²) in [6.45, 7) is 3.50. The standard InChI is InChI=1S/C15H21N5O/c1-12-6-4-5-7-13(12)9-19(3)15(21)11-20-10-14(8-16-2)17-18-20/h4-7,10,16H,8-9,11H2,1-3H3. The molecular formula is C15H21N5O. The van der Waals surface area contributed by atoms with Gasteiger partial charge in [0.2, 0.25) is 5.91 Å². The lowest BCUT2D eigenvalue weighted by atomic mass is 10.1. The third-order valence-corrected chi connectivity index (χ3v) is 3.34. The summed E-state index contributed by atoms with van der Waals surface area (Å²) in [5.41, 5.74) is 3.17. The van der Waals surface area contributed by atoms with Crippen LogP contribution in [0.5, 0.6) is 0 Å². The van der Waals surface area contributed by atoms with Gasteiger partial charge in [-0.1, -0.05) is 29.5 Å². The van der Waals surface area contributed by atoms with Gasteiger partial charge >= 0.3 is 0 Å². The van der Waals surface area contributed by atoms with Gasteiger partial charge in [-0.05, 0) is 25.1 Å². The van der Waals surface area contributed by atoms with Crippen molar-refractivity contribution in [3.63, 3.8) is 0 Å². The molecule has 2 aromatic rings. The zero-order valence-corrected chi connectivity index (χ0v) is 12.7. The van der Waals surface area contributed by atoms with Crippen molar-refractivity contribution in [1.29, 1.82) is 0 Å². The van der Waals surface area contributed by atoms with Crippen molar-refractivity contribution in [3.8, 4) is 0 Å². The molecule has 21 heavy (non-hydrogen) atoms. The normalized spacial score (nSPS) is 10.6. The first kappa shape index (κ1) is 15.2. The summed E-state index contributed by atoms with van der Waals surface area (Å²) in [5.74, 6) is 0.0131. The lowest BCUT2D eigenvalue weighted by Gasteiger charge is -2.18. The van der Waals surface area contributed by atoms with Crippen LogP contribution in [0.25, 0.3) is 0 Å². The molecule has 6 heteroatoms. The van der Waals surface area contributed by atoms with E-state index in [0.717, 1.165) is 11.3 Å². The number of rotatable bonds is 6. The summed E-state index contributed by atoms with van der Waals surface area (Å²) in [7, 11) is 3.65. The first-order valence-corrected chi connectivity index (χ1v) is 6.92. The first-order chi connectivity index (χ1) is 10.1. The summed E-state index contributed by atoms with van der Waals surface area (Å²) >= 11 is 0. The molecule has 0 saturated carbocycles. The van der Waals surface area contributed by atoms with Crippen LogP contribution in [0.4, 0.5) is 0 Å². The fourth-order valence-electron chi connectivity index (χ4n) is 2.07. The van der Waals surface area contributed by atoms with Crippen molar-refractivity contribution >= 4 is 5.91 Å². The van der Waals surface area contributed by atoms with Gasteiger partial charge in [0.15, 0.2) is 0 Å². The second-order valence-electron chi connectivity index (χ2n) is 5.11. The van der Waals surface area contributed by atoms with Crippen molar-refractivity contribution in [2.45, 2.75) is 26.6 Å². The largest absolute Gasteiger partial charge is 0.340 e. The molecule has 0 aliphatic carbocycles. The summed E-state index contributed by atoms with van der Waals surface area (Å²) in [6.07, 6.45) is 1.79. The molecule has 0 bridgehead atoms. The number of benzene rings is 1. The quantitative estimate of drug-likeness (QED) is 0.860. The van der Waals surface area contributed by atoms with Gasteiger partial charge in [0.25, 0.3) is 0 Å². The lowest BCUT2D eigenvalue weighted by molar-refractivity contribution is -0.131.